The van der Waals surface area contributed by atoms with Crippen LogP contribution in [0.3, 0.4) is 0 Å². The molecule has 1 aromatic rings. The number of rotatable bonds is 4. The van der Waals surface area contributed by atoms with E-state index in [2.05, 4.69) is 22.9 Å². The van der Waals surface area contributed by atoms with Crippen LogP contribution in [0.4, 0.5) is 0 Å². The lowest BCUT2D eigenvalue weighted by molar-refractivity contribution is 0.115. The molecule has 0 aromatic heterocycles. The monoisotopic (exact) mass is 326 g/mol. The second-order valence-electron chi connectivity index (χ2n) is 5.54. The zero-order valence-corrected chi connectivity index (χ0v) is 13.3. The summed E-state index contributed by atoms with van der Waals surface area (Å²) in [6.45, 7) is 4.04. The van der Waals surface area contributed by atoms with E-state index in [0.717, 1.165) is 34.5 Å². The van der Waals surface area contributed by atoms with Crippen LogP contribution >= 0.6 is 15.9 Å². The Morgan fingerprint density at radius 2 is 2.21 bits per heavy atom. The zero-order valence-electron chi connectivity index (χ0n) is 11.7. The number of hydrogen-bond donors (Lipinski definition) is 1. The maximum atomic E-state index is 9.83. The largest absolute Gasteiger partial charge is 0.490 e. The van der Waals surface area contributed by atoms with Crippen molar-refractivity contribution >= 4 is 15.9 Å². The van der Waals surface area contributed by atoms with Gasteiger partial charge in [-0.05, 0) is 44.2 Å². The summed E-state index contributed by atoms with van der Waals surface area (Å²) in [5.41, 5.74) is 0.877. The normalized spacial score (nSPS) is 25.1. The van der Waals surface area contributed by atoms with Crippen LogP contribution in [0.2, 0.25) is 0 Å². The van der Waals surface area contributed by atoms with E-state index < -0.39 is 6.10 Å². The van der Waals surface area contributed by atoms with Gasteiger partial charge in [0.1, 0.15) is 5.75 Å². The minimum Gasteiger partial charge on any atom is -0.490 e. The molecule has 0 amide bonds. The average molecular weight is 327 g/mol. The van der Waals surface area contributed by atoms with Crippen molar-refractivity contribution in [1.82, 2.24) is 0 Å². The standard InChI is InChI=1S/C16H23BrO2/c1-3-12-5-4-6-14(9-12)19-16-10-13(17)7-8-15(16)11(2)18/h7-8,10-12,14,18H,3-6,9H2,1-2H3/t11-,12?,14?/m0/s1. The van der Waals surface area contributed by atoms with Gasteiger partial charge in [0.15, 0.2) is 0 Å². The molecule has 1 saturated carbocycles. The number of ether oxygens (including phenoxy) is 1. The van der Waals surface area contributed by atoms with E-state index in [1.54, 1.807) is 6.92 Å². The second-order valence-corrected chi connectivity index (χ2v) is 6.45. The molecule has 1 N–H and O–H groups in total. The SMILES string of the molecule is CCC1CCCC(Oc2cc(Br)ccc2[C@H](C)O)C1. The van der Waals surface area contributed by atoms with Crippen molar-refractivity contribution in [2.45, 2.75) is 58.2 Å². The molecule has 19 heavy (non-hydrogen) atoms. The first-order valence-electron chi connectivity index (χ1n) is 7.24. The number of benzene rings is 1. The van der Waals surface area contributed by atoms with Crippen LogP contribution in [0.5, 0.6) is 5.75 Å². The second kappa shape index (κ2) is 6.76. The number of aliphatic hydroxyl groups is 1. The van der Waals surface area contributed by atoms with Gasteiger partial charge in [-0.1, -0.05) is 41.8 Å². The predicted octanol–water partition coefficient (Wildman–Crippen LogP) is 4.85. The van der Waals surface area contributed by atoms with E-state index in [1.165, 1.54) is 19.3 Å². The molecule has 2 unspecified atom stereocenters. The Kier molecular flexibility index (Phi) is 5.28. The van der Waals surface area contributed by atoms with Gasteiger partial charge >= 0.3 is 0 Å². The first kappa shape index (κ1) is 14.9. The van der Waals surface area contributed by atoms with Crippen molar-refractivity contribution < 1.29 is 9.84 Å². The predicted molar refractivity (Wildman–Crippen MR) is 81.4 cm³/mol. The topological polar surface area (TPSA) is 29.5 Å². The fourth-order valence-corrected chi connectivity index (χ4v) is 3.19. The van der Waals surface area contributed by atoms with Crippen LogP contribution in [0.25, 0.3) is 0 Å². The summed E-state index contributed by atoms with van der Waals surface area (Å²) in [6, 6.07) is 5.85. The van der Waals surface area contributed by atoms with E-state index in [0.29, 0.717) is 6.10 Å². The van der Waals surface area contributed by atoms with Crippen LogP contribution in [-0.4, -0.2) is 11.2 Å². The summed E-state index contributed by atoms with van der Waals surface area (Å²) in [4.78, 5) is 0. The third-order valence-corrected chi connectivity index (χ3v) is 4.52. The van der Waals surface area contributed by atoms with Gasteiger partial charge < -0.3 is 9.84 Å². The maximum absolute atomic E-state index is 9.83. The molecule has 0 bridgehead atoms. The van der Waals surface area contributed by atoms with Crippen molar-refractivity contribution in [2.75, 3.05) is 0 Å². The molecule has 2 nitrogen and oxygen atoms in total. The van der Waals surface area contributed by atoms with Crippen LogP contribution in [-0.2, 0) is 0 Å². The highest BCUT2D eigenvalue weighted by molar-refractivity contribution is 9.10. The van der Waals surface area contributed by atoms with E-state index in [9.17, 15) is 5.11 Å². The quantitative estimate of drug-likeness (QED) is 0.856. The lowest BCUT2D eigenvalue weighted by atomic mass is 9.85. The Labute approximate surface area is 124 Å². The van der Waals surface area contributed by atoms with Gasteiger partial charge in [-0.15, -0.1) is 0 Å². The van der Waals surface area contributed by atoms with Gasteiger partial charge in [-0.2, -0.15) is 0 Å². The molecule has 0 spiro atoms. The van der Waals surface area contributed by atoms with Crippen LogP contribution in [0, 0.1) is 5.92 Å². The average Bonchev–Trinajstić information content (AvgIpc) is 2.38. The maximum Gasteiger partial charge on any atom is 0.126 e. The molecule has 3 atom stereocenters. The molecule has 0 aliphatic heterocycles. The molecule has 1 aliphatic rings. The summed E-state index contributed by atoms with van der Waals surface area (Å²) < 4.78 is 7.17. The highest BCUT2D eigenvalue weighted by Crippen LogP contribution is 2.34. The molecule has 106 valence electrons. The molecule has 0 heterocycles. The minimum atomic E-state index is -0.492. The Bertz CT molecular complexity index is 417. The summed E-state index contributed by atoms with van der Waals surface area (Å²) >= 11 is 3.47. The van der Waals surface area contributed by atoms with Crippen LogP contribution in [0.1, 0.15) is 57.6 Å². The zero-order chi connectivity index (χ0) is 13.8. The van der Waals surface area contributed by atoms with Crippen molar-refractivity contribution in [1.29, 1.82) is 0 Å². The number of aliphatic hydroxyl groups excluding tert-OH is 1. The van der Waals surface area contributed by atoms with Crippen molar-refractivity contribution in [3.05, 3.63) is 28.2 Å². The van der Waals surface area contributed by atoms with Crippen molar-refractivity contribution in [3.63, 3.8) is 0 Å². The number of halogens is 1. The van der Waals surface area contributed by atoms with Gasteiger partial charge in [-0.3, -0.25) is 0 Å². The lowest BCUT2D eigenvalue weighted by Gasteiger charge is -2.30. The third-order valence-electron chi connectivity index (χ3n) is 4.03. The Balaban J connectivity index is 2.11. The van der Waals surface area contributed by atoms with Gasteiger partial charge in [0.25, 0.3) is 0 Å². The van der Waals surface area contributed by atoms with Gasteiger partial charge in [0, 0.05) is 10.0 Å². The van der Waals surface area contributed by atoms with Gasteiger partial charge in [0.05, 0.1) is 12.2 Å². The van der Waals surface area contributed by atoms with E-state index in [-0.39, 0.29) is 0 Å². The molecule has 0 saturated heterocycles. The van der Waals surface area contributed by atoms with Crippen molar-refractivity contribution in [3.8, 4) is 5.75 Å². The third kappa shape index (κ3) is 3.96. The minimum absolute atomic E-state index is 0.297. The van der Waals surface area contributed by atoms with Gasteiger partial charge in [0.2, 0.25) is 0 Å². The Morgan fingerprint density at radius 3 is 2.89 bits per heavy atom. The smallest absolute Gasteiger partial charge is 0.126 e. The van der Waals surface area contributed by atoms with E-state index >= 15 is 0 Å². The highest BCUT2D eigenvalue weighted by Gasteiger charge is 2.23. The lowest BCUT2D eigenvalue weighted by Crippen LogP contribution is -2.25. The number of hydrogen-bond acceptors (Lipinski definition) is 2. The summed E-state index contributed by atoms with van der Waals surface area (Å²) in [6.07, 6.45) is 5.89. The Hall–Kier alpha value is -0.540. The fourth-order valence-electron chi connectivity index (χ4n) is 2.85. The van der Waals surface area contributed by atoms with Crippen molar-refractivity contribution in [2.24, 2.45) is 5.92 Å². The Morgan fingerprint density at radius 1 is 1.42 bits per heavy atom. The fraction of sp³-hybridized carbons (Fsp3) is 0.625. The molecule has 1 aliphatic carbocycles. The summed E-state index contributed by atoms with van der Waals surface area (Å²) in [5.74, 6) is 1.62. The van der Waals surface area contributed by atoms with Crippen LogP contribution < -0.4 is 4.74 Å². The van der Waals surface area contributed by atoms with E-state index in [4.69, 9.17) is 4.74 Å². The summed E-state index contributed by atoms with van der Waals surface area (Å²) in [7, 11) is 0. The first-order valence-corrected chi connectivity index (χ1v) is 8.03. The van der Waals surface area contributed by atoms with E-state index in [1.807, 2.05) is 18.2 Å². The molecule has 2 rings (SSSR count). The molecule has 0 radical (unpaired) electrons. The van der Waals surface area contributed by atoms with Crippen LogP contribution in [0.15, 0.2) is 22.7 Å². The molecular weight excluding hydrogens is 304 g/mol. The molecule has 1 fully saturated rings. The highest BCUT2D eigenvalue weighted by atomic mass is 79.9. The molecule has 1 aromatic carbocycles. The van der Waals surface area contributed by atoms with Gasteiger partial charge in [-0.25, -0.2) is 0 Å². The summed E-state index contributed by atoms with van der Waals surface area (Å²) in [5, 5.41) is 9.83. The molecule has 3 heteroatoms. The molecular formula is C16H23BrO2. The first-order chi connectivity index (χ1) is 9.10.